The summed E-state index contributed by atoms with van der Waals surface area (Å²) in [6, 6.07) is 9.99. The Kier molecular flexibility index (Phi) is 3.76. The van der Waals surface area contributed by atoms with E-state index in [4.69, 9.17) is 0 Å². The van der Waals surface area contributed by atoms with Crippen molar-refractivity contribution in [2.45, 2.75) is 13.3 Å². The summed E-state index contributed by atoms with van der Waals surface area (Å²) in [5.41, 5.74) is 2.49. The predicted octanol–water partition coefficient (Wildman–Crippen LogP) is 2.56. The number of rotatable bonds is 3. The first-order valence-electron chi connectivity index (χ1n) is 7.42. The number of fused-ring (bicyclic) bond motifs is 1. The standard InChI is InChI=1S/C17H19N3O/c1-2-12-9-20(10-14(12)11-21)16-6-5-13(8-18)17-15(16)4-3-7-19-17/h3-7,12,14,21H,2,9-11H2,1H3. The average Bonchev–Trinajstić information content (AvgIpc) is 2.97. The number of anilines is 1. The van der Waals surface area contributed by atoms with Crippen molar-refractivity contribution in [3.8, 4) is 6.07 Å². The van der Waals surface area contributed by atoms with E-state index in [2.05, 4.69) is 22.9 Å². The molecule has 3 rings (SSSR count). The SMILES string of the molecule is CCC1CN(c2ccc(C#N)c3ncccc23)CC1CO. The number of nitrogens with zero attached hydrogens (tertiary/aromatic N) is 3. The molecule has 1 saturated heterocycles. The molecule has 1 aliphatic rings. The van der Waals surface area contributed by atoms with E-state index in [-0.39, 0.29) is 6.61 Å². The van der Waals surface area contributed by atoms with Gasteiger partial charge in [-0.1, -0.05) is 13.3 Å². The fourth-order valence-corrected chi connectivity index (χ4v) is 3.33. The number of benzene rings is 1. The van der Waals surface area contributed by atoms with E-state index in [9.17, 15) is 10.4 Å². The zero-order valence-corrected chi connectivity index (χ0v) is 12.2. The first-order chi connectivity index (χ1) is 10.3. The zero-order valence-electron chi connectivity index (χ0n) is 12.2. The molecule has 1 fully saturated rings. The van der Waals surface area contributed by atoms with E-state index in [1.165, 1.54) is 0 Å². The van der Waals surface area contributed by atoms with E-state index in [0.717, 1.165) is 36.1 Å². The molecule has 1 aliphatic heterocycles. The van der Waals surface area contributed by atoms with Crippen LogP contribution in [0, 0.1) is 23.2 Å². The molecule has 4 nitrogen and oxygen atoms in total. The van der Waals surface area contributed by atoms with Crippen molar-refractivity contribution >= 4 is 16.6 Å². The zero-order chi connectivity index (χ0) is 14.8. The number of aromatic nitrogens is 1. The number of aliphatic hydroxyl groups is 1. The van der Waals surface area contributed by atoms with Crippen LogP contribution in [0.15, 0.2) is 30.5 Å². The van der Waals surface area contributed by atoms with Crippen LogP contribution in [-0.2, 0) is 0 Å². The fraction of sp³-hybridized carbons (Fsp3) is 0.412. The molecular weight excluding hydrogens is 262 g/mol. The van der Waals surface area contributed by atoms with E-state index < -0.39 is 0 Å². The summed E-state index contributed by atoms with van der Waals surface area (Å²) in [6.07, 6.45) is 2.80. The van der Waals surface area contributed by atoms with Gasteiger partial charge in [-0.05, 0) is 30.2 Å². The minimum absolute atomic E-state index is 0.238. The monoisotopic (exact) mass is 281 g/mol. The fourth-order valence-electron chi connectivity index (χ4n) is 3.33. The quantitative estimate of drug-likeness (QED) is 0.939. The average molecular weight is 281 g/mol. The molecule has 0 spiro atoms. The van der Waals surface area contributed by atoms with Gasteiger partial charge in [0.25, 0.3) is 0 Å². The van der Waals surface area contributed by atoms with E-state index in [1.807, 2.05) is 24.3 Å². The maximum absolute atomic E-state index is 9.55. The number of nitriles is 1. The van der Waals surface area contributed by atoms with E-state index in [1.54, 1.807) is 6.20 Å². The number of aliphatic hydroxyl groups excluding tert-OH is 1. The lowest BCUT2D eigenvalue weighted by Crippen LogP contribution is -2.21. The van der Waals surface area contributed by atoms with Crippen molar-refractivity contribution in [1.29, 1.82) is 5.26 Å². The lowest BCUT2D eigenvalue weighted by molar-refractivity contribution is 0.204. The highest BCUT2D eigenvalue weighted by atomic mass is 16.3. The first kappa shape index (κ1) is 13.8. The van der Waals surface area contributed by atoms with Gasteiger partial charge in [-0.25, -0.2) is 0 Å². The van der Waals surface area contributed by atoms with Gasteiger partial charge in [0.2, 0.25) is 0 Å². The van der Waals surface area contributed by atoms with Crippen LogP contribution in [0.3, 0.4) is 0 Å². The Bertz CT molecular complexity index is 680. The number of pyridine rings is 1. The lowest BCUT2D eigenvalue weighted by atomic mass is 9.95. The summed E-state index contributed by atoms with van der Waals surface area (Å²) in [5.74, 6) is 0.856. The largest absolute Gasteiger partial charge is 0.396 e. The molecular formula is C17H19N3O. The summed E-state index contributed by atoms with van der Waals surface area (Å²) in [4.78, 5) is 6.68. The topological polar surface area (TPSA) is 60.2 Å². The van der Waals surface area contributed by atoms with Gasteiger partial charge in [-0.2, -0.15) is 5.26 Å². The third-order valence-electron chi connectivity index (χ3n) is 4.54. The van der Waals surface area contributed by atoms with Crippen molar-refractivity contribution in [3.63, 3.8) is 0 Å². The Hall–Kier alpha value is -2.12. The van der Waals surface area contributed by atoms with Crippen molar-refractivity contribution < 1.29 is 5.11 Å². The van der Waals surface area contributed by atoms with Crippen molar-refractivity contribution in [1.82, 2.24) is 4.98 Å². The minimum atomic E-state index is 0.238. The number of hydrogen-bond acceptors (Lipinski definition) is 4. The third kappa shape index (κ3) is 2.34. The van der Waals surface area contributed by atoms with Gasteiger partial charge >= 0.3 is 0 Å². The Labute approximate surface area is 124 Å². The predicted molar refractivity (Wildman–Crippen MR) is 83.0 cm³/mol. The highest BCUT2D eigenvalue weighted by Crippen LogP contribution is 2.34. The summed E-state index contributed by atoms with van der Waals surface area (Å²) >= 11 is 0. The summed E-state index contributed by atoms with van der Waals surface area (Å²) in [6.45, 7) is 4.24. The molecule has 21 heavy (non-hydrogen) atoms. The van der Waals surface area contributed by atoms with E-state index >= 15 is 0 Å². The first-order valence-corrected chi connectivity index (χ1v) is 7.42. The van der Waals surface area contributed by atoms with E-state index in [0.29, 0.717) is 17.4 Å². The van der Waals surface area contributed by atoms with Gasteiger partial charge in [0.05, 0.1) is 11.1 Å². The van der Waals surface area contributed by atoms with Crippen LogP contribution >= 0.6 is 0 Å². The van der Waals surface area contributed by atoms with Crippen LogP contribution in [0.2, 0.25) is 0 Å². The second-order valence-corrected chi connectivity index (χ2v) is 5.66. The molecule has 2 atom stereocenters. The third-order valence-corrected chi connectivity index (χ3v) is 4.54. The highest BCUT2D eigenvalue weighted by Gasteiger charge is 2.31. The van der Waals surface area contributed by atoms with Gasteiger partial charge in [-0.15, -0.1) is 0 Å². The van der Waals surface area contributed by atoms with Gasteiger partial charge in [0.15, 0.2) is 0 Å². The van der Waals surface area contributed by atoms with Crippen LogP contribution in [0.1, 0.15) is 18.9 Å². The van der Waals surface area contributed by atoms with Crippen molar-refractivity contribution in [2.24, 2.45) is 11.8 Å². The molecule has 2 unspecified atom stereocenters. The van der Waals surface area contributed by atoms with Crippen LogP contribution in [0.5, 0.6) is 0 Å². The second kappa shape index (κ2) is 5.71. The van der Waals surface area contributed by atoms with Gasteiger partial charge in [-0.3, -0.25) is 4.98 Å². The molecule has 0 radical (unpaired) electrons. The smallest absolute Gasteiger partial charge is 0.101 e. The van der Waals surface area contributed by atoms with Crippen molar-refractivity contribution in [2.75, 3.05) is 24.6 Å². The molecule has 108 valence electrons. The maximum Gasteiger partial charge on any atom is 0.101 e. The summed E-state index contributed by atoms with van der Waals surface area (Å²) < 4.78 is 0. The van der Waals surface area contributed by atoms with Gasteiger partial charge in [0, 0.05) is 42.9 Å². The maximum atomic E-state index is 9.55. The highest BCUT2D eigenvalue weighted by molar-refractivity contribution is 5.95. The van der Waals surface area contributed by atoms with Crippen molar-refractivity contribution in [3.05, 3.63) is 36.0 Å². The Morgan fingerprint density at radius 1 is 1.33 bits per heavy atom. The number of hydrogen-bond donors (Lipinski definition) is 1. The Morgan fingerprint density at radius 2 is 2.14 bits per heavy atom. The van der Waals surface area contributed by atoms with Crippen LogP contribution in [0.4, 0.5) is 5.69 Å². The lowest BCUT2D eigenvalue weighted by Gasteiger charge is -2.21. The minimum Gasteiger partial charge on any atom is -0.396 e. The summed E-state index contributed by atoms with van der Waals surface area (Å²) in [5, 5.41) is 19.8. The van der Waals surface area contributed by atoms with Crippen LogP contribution in [0.25, 0.3) is 10.9 Å². The molecule has 4 heteroatoms. The Balaban J connectivity index is 2.05. The molecule has 1 aromatic heterocycles. The molecule has 2 heterocycles. The molecule has 0 bridgehead atoms. The molecule has 1 N–H and O–H groups in total. The van der Waals surface area contributed by atoms with Gasteiger partial charge in [0.1, 0.15) is 6.07 Å². The summed E-state index contributed by atoms with van der Waals surface area (Å²) in [7, 11) is 0. The second-order valence-electron chi connectivity index (χ2n) is 5.66. The normalized spacial score (nSPS) is 21.7. The molecule has 0 aliphatic carbocycles. The Morgan fingerprint density at radius 3 is 2.81 bits per heavy atom. The van der Waals surface area contributed by atoms with Crippen LogP contribution < -0.4 is 4.90 Å². The van der Waals surface area contributed by atoms with Gasteiger partial charge < -0.3 is 10.0 Å². The van der Waals surface area contributed by atoms with Crippen LogP contribution in [-0.4, -0.2) is 29.8 Å². The molecule has 2 aromatic rings. The molecule has 0 saturated carbocycles. The molecule has 0 amide bonds. The molecule has 1 aromatic carbocycles.